The predicted octanol–water partition coefficient (Wildman–Crippen LogP) is 2.42. The van der Waals surface area contributed by atoms with Crippen LogP contribution in [0.1, 0.15) is 45.4 Å². The number of fused-ring (bicyclic) bond motifs is 2. The Labute approximate surface area is 199 Å². The van der Waals surface area contributed by atoms with E-state index in [2.05, 4.69) is 11.1 Å². The molecule has 9 nitrogen and oxygen atoms in total. The molecule has 33 heavy (non-hydrogen) atoms. The second kappa shape index (κ2) is 16.4. The van der Waals surface area contributed by atoms with Crippen LogP contribution < -0.4 is 0 Å². The van der Waals surface area contributed by atoms with Gasteiger partial charge in [-0.2, -0.15) is 8.42 Å². The average molecular weight is 497 g/mol. The van der Waals surface area contributed by atoms with Crippen molar-refractivity contribution in [1.82, 2.24) is 0 Å². The van der Waals surface area contributed by atoms with Gasteiger partial charge in [0.2, 0.25) is 0 Å². The minimum atomic E-state index is -3.40. The van der Waals surface area contributed by atoms with Crippen LogP contribution in [0, 0.1) is 11.8 Å². The van der Waals surface area contributed by atoms with Gasteiger partial charge in [-0.3, -0.25) is 4.18 Å². The molecule has 196 valence electrons. The van der Waals surface area contributed by atoms with Gasteiger partial charge in [-0.1, -0.05) is 19.8 Å². The Bertz CT molecular complexity index is 597. The zero-order chi connectivity index (χ0) is 23.8. The van der Waals surface area contributed by atoms with E-state index in [9.17, 15) is 8.42 Å². The van der Waals surface area contributed by atoms with Gasteiger partial charge in [-0.05, 0) is 37.5 Å². The third-order valence-corrected chi connectivity index (χ3v) is 6.61. The van der Waals surface area contributed by atoms with Gasteiger partial charge in [0, 0.05) is 0 Å². The molecule has 2 bridgehead atoms. The predicted molar refractivity (Wildman–Crippen MR) is 124 cm³/mol. The summed E-state index contributed by atoms with van der Waals surface area (Å²) in [6.45, 7) is 7.75. The third kappa shape index (κ3) is 14.0. The molecule has 0 amide bonds. The van der Waals surface area contributed by atoms with Gasteiger partial charge in [-0.15, -0.1) is 0 Å². The zero-order valence-electron chi connectivity index (χ0n) is 20.5. The van der Waals surface area contributed by atoms with E-state index in [0.717, 1.165) is 18.1 Å². The van der Waals surface area contributed by atoms with Crippen molar-refractivity contribution in [1.29, 1.82) is 0 Å². The maximum Gasteiger partial charge on any atom is 0.264 e. The van der Waals surface area contributed by atoms with E-state index >= 15 is 0 Å². The van der Waals surface area contributed by atoms with E-state index in [-0.39, 0.29) is 18.8 Å². The fourth-order valence-corrected chi connectivity index (χ4v) is 5.22. The van der Waals surface area contributed by atoms with Crippen LogP contribution in [0.3, 0.4) is 0 Å². The highest BCUT2D eigenvalue weighted by Crippen LogP contribution is 2.47. The molecule has 3 unspecified atom stereocenters. The average Bonchev–Trinajstić information content (AvgIpc) is 2.74. The molecule has 0 radical (unpaired) electrons. The summed E-state index contributed by atoms with van der Waals surface area (Å²) in [5.74, 6) is 1.64. The molecule has 0 N–H and O–H groups in total. The Hall–Kier alpha value is -0.330. The van der Waals surface area contributed by atoms with Crippen LogP contribution in [-0.2, 0) is 42.7 Å². The molecule has 0 heterocycles. The SMILES string of the molecule is CC1CC2CCCC(OCCOCCOCCOCCOCCOCCOS(C)(=O)=O)(C1)C2. The maximum atomic E-state index is 10.8. The monoisotopic (exact) mass is 496 g/mol. The first-order valence-corrected chi connectivity index (χ1v) is 14.1. The van der Waals surface area contributed by atoms with E-state index in [1.54, 1.807) is 0 Å². The van der Waals surface area contributed by atoms with E-state index in [0.29, 0.717) is 66.1 Å². The van der Waals surface area contributed by atoms with E-state index < -0.39 is 10.1 Å². The molecule has 2 fully saturated rings. The van der Waals surface area contributed by atoms with Gasteiger partial charge in [-0.25, -0.2) is 0 Å². The number of ether oxygens (including phenoxy) is 6. The van der Waals surface area contributed by atoms with Crippen molar-refractivity contribution in [3.63, 3.8) is 0 Å². The van der Waals surface area contributed by atoms with Crippen LogP contribution >= 0.6 is 0 Å². The zero-order valence-corrected chi connectivity index (χ0v) is 21.3. The highest BCUT2D eigenvalue weighted by molar-refractivity contribution is 7.85. The molecular weight excluding hydrogens is 452 g/mol. The normalized spacial score (nSPS) is 25.4. The molecule has 0 saturated heterocycles. The fourth-order valence-electron chi connectivity index (χ4n) is 4.85. The van der Waals surface area contributed by atoms with Crippen LogP contribution in [0.2, 0.25) is 0 Å². The molecule has 2 rings (SSSR count). The van der Waals surface area contributed by atoms with Crippen LogP contribution in [0.4, 0.5) is 0 Å². The first-order valence-electron chi connectivity index (χ1n) is 12.3. The Morgan fingerprint density at radius 2 is 1.21 bits per heavy atom. The summed E-state index contributed by atoms with van der Waals surface area (Å²) in [7, 11) is -3.40. The maximum absolute atomic E-state index is 10.8. The Morgan fingerprint density at radius 3 is 1.73 bits per heavy atom. The molecule has 0 aromatic heterocycles. The van der Waals surface area contributed by atoms with Gasteiger partial charge in [0.05, 0.1) is 91.1 Å². The lowest BCUT2D eigenvalue weighted by Gasteiger charge is -2.47. The Kier molecular flexibility index (Phi) is 14.3. The van der Waals surface area contributed by atoms with Gasteiger partial charge >= 0.3 is 0 Å². The summed E-state index contributed by atoms with van der Waals surface area (Å²) in [5, 5.41) is 0. The summed E-state index contributed by atoms with van der Waals surface area (Å²) in [6, 6.07) is 0. The van der Waals surface area contributed by atoms with E-state index in [1.807, 2.05) is 0 Å². The number of rotatable bonds is 20. The number of hydrogen-bond donors (Lipinski definition) is 0. The molecule has 2 aliphatic carbocycles. The van der Waals surface area contributed by atoms with Crippen molar-refractivity contribution >= 4 is 10.1 Å². The molecule has 2 aliphatic rings. The van der Waals surface area contributed by atoms with E-state index in [4.69, 9.17) is 28.4 Å². The molecule has 0 spiro atoms. The van der Waals surface area contributed by atoms with Crippen molar-refractivity contribution in [2.75, 3.05) is 85.5 Å². The van der Waals surface area contributed by atoms with Crippen LogP contribution in [0.5, 0.6) is 0 Å². The van der Waals surface area contributed by atoms with Gasteiger partial charge in [0.25, 0.3) is 10.1 Å². The summed E-state index contributed by atoms with van der Waals surface area (Å²) in [5.41, 5.74) is 0.115. The van der Waals surface area contributed by atoms with Gasteiger partial charge in [0.1, 0.15) is 0 Å². The fraction of sp³-hybridized carbons (Fsp3) is 1.00. The molecule has 0 aliphatic heterocycles. The van der Waals surface area contributed by atoms with Crippen molar-refractivity contribution in [3.8, 4) is 0 Å². The summed E-state index contributed by atoms with van der Waals surface area (Å²) in [6.07, 6.45) is 8.71. The minimum Gasteiger partial charge on any atom is -0.377 e. The molecule has 3 atom stereocenters. The van der Waals surface area contributed by atoms with Crippen molar-refractivity contribution in [2.24, 2.45) is 11.8 Å². The molecular formula is C23H44O9S. The molecule has 0 aromatic carbocycles. The van der Waals surface area contributed by atoms with E-state index in [1.165, 1.54) is 38.5 Å². The molecule has 0 aromatic rings. The lowest BCUT2D eigenvalue weighted by atomic mass is 9.65. The topological polar surface area (TPSA) is 98.8 Å². The minimum absolute atomic E-state index is 0.0151. The third-order valence-electron chi connectivity index (χ3n) is 6.01. The van der Waals surface area contributed by atoms with Crippen molar-refractivity contribution < 1.29 is 41.0 Å². The quantitative estimate of drug-likeness (QED) is 0.186. The summed E-state index contributed by atoms with van der Waals surface area (Å²) in [4.78, 5) is 0. The lowest BCUT2D eigenvalue weighted by Crippen LogP contribution is -2.44. The van der Waals surface area contributed by atoms with Crippen LogP contribution in [-0.4, -0.2) is 99.6 Å². The standard InChI is InChI=1S/C23H44O9S/c1-21-18-22-4-3-5-23(19-21,20-22)31-16-14-29-12-10-27-8-6-26-7-9-28-11-13-30-15-17-32-33(2,24)25/h21-22H,3-20H2,1-2H3. The van der Waals surface area contributed by atoms with Gasteiger partial charge < -0.3 is 28.4 Å². The first kappa shape index (κ1) is 28.9. The highest BCUT2D eigenvalue weighted by Gasteiger charge is 2.42. The first-order chi connectivity index (χ1) is 15.9. The van der Waals surface area contributed by atoms with Gasteiger partial charge in [0.15, 0.2) is 0 Å². The molecule has 2 saturated carbocycles. The second-order valence-corrected chi connectivity index (χ2v) is 10.8. The lowest BCUT2D eigenvalue weighted by molar-refractivity contribution is -0.129. The Morgan fingerprint density at radius 1 is 0.727 bits per heavy atom. The largest absolute Gasteiger partial charge is 0.377 e. The van der Waals surface area contributed by atoms with Crippen LogP contribution in [0.25, 0.3) is 0 Å². The van der Waals surface area contributed by atoms with Crippen molar-refractivity contribution in [2.45, 2.75) is 51.0 Å². The summed E-state index contributed by atoms with van der Waals surface area (Å²) < 4.78 is 59.5. The Balaban J connectivity index is 1.28. The highest BCUT2D eigenvalue weighted by atomic mass is 32.2. The van der Waals surface area contributed by atoms with Crippen molar-refractivity contribution in [3.05, 3.63) is 0 Å². The number of hydrogen-bond acceptors (Lipinski definition) is 9. The van der Waals surface area contributed by atoms with Crippen LogP contribution in [0.15, 0.2) is 0 Å². The smallest absolute Gasteiger partial charge is 0.264 e. The second-order valence-electron chi connectivity index (χ2n) is 9.13. The summed E-state index contributed by atoms with van der Waals surface area (Å²) >= 11 is 0. The molecule has 10 heteroatoms.